The Kier molecular flexibility index (Phi) is 8.99. The number of sulfonamides is 1. The van der Waals surface area contributed by atoms with Gasteiger partial charge in [0.2, 0.25) is 21.8 Å². The van der Waals surface area contributed by atoms with Crippen LogP contribution in [0.5, 0.6) is 0 Å². The lowest BCUT2D eigenvalue weighted by Crippen LogP contribution is -2.53. The van der Waals surface area contributed by atoms with Crippen LogP contribution < -0.4 is 9.62 Å². The number of benzene rings is 2. The number of carbonyl (C=O) groups excluding carboxylic acids is 2. The molecule has 7 nitrogen and oxygen atoms in total. The molecule has 1 saturated carbocycles. The first-order valence-corrected chi connectivity index (χ1v) is 13.6. The third-order valence-corrected chi connectivity index (χ3v) is 7.43. The van der Waals surface area contributed by atoms with E-state index < -0.39 is 51.9 Å². The Morgan fingerprint density at radius 3 is 2.28 bits per heavy atom. The lowest BCUT2D eigenvalue weighted by atomic mass is 9.95. The van der Waals surface area contributed by atoms with Crippen LogP contribution in [-0.4, -0.2) is 50.0 Å². The van der Waals surface area contributed by atoms with Crippen LogP contribution in [0.15, 0.2) is 42.5 Å². The second-order valence-corrected chi connectivity index (χ2v) is 10.9. The summed E-state index contributed by atoms with van der Waals surface area (Å²) in [5, 5.41) is 2.93. The molecule has 0 aliphatic heterocycles. The van der Waals surface area contributed by atoms with Gasteiger partial charge >= 0.3 is 0 Å². The van der Waals surface area contributed by atoms with Crippen LogP contribution in [0.25, 0.3) is 0 Å². The highest BCUT2D eigenvalue weighted by atomic mass is 32.2. The molecule has 2 aromatic rings. The molecule has 2 aromatic carbocycles. The van der Waals surface area contributed by atoms with Crippen LogP contribution in [0.1, 0.15) is 44.6 Å². The predicted molar refractivity (Wildman–Crippen MR) is 130 cm³/mol. The van der Waals surface area contributed by atoms with E-state index >= 15 is 0 Å². The fraction of sp³-hybridized carbons (Fsp3) is 0.440. The molecule has 1 aliphatic carbocycles. The highest BCUT2D eigenvalue weighted by molar-refractivity contribution is 7.92. The Balaban J connectivity index is 1.89. The number of amides is 2. The van der Waals surface area contributed by atoms with Gasteiger partial charge in [-0.2, -0.15) is 0 Å². The van der Waals surface area contributed by atoms with Crippen molar-refractivity contribution in [3.8, 4) is 0 Å². The van der Waals surface area contributed by atoms with Crippen molar-refractivity contribution in [3.05, 3.63) is 65.5 Å². The van der Waals surface area contributed by atoms with Gasteiger partial charge in [0.25, 0.3) is 0 Å². The van der Waals surface area contributed by atoms with Crippen LogP contribution in [0.3, 0.4) is 0 Å². The Morgan fingerprint density at radius 2 is 1.67 bits per heavy atom. The number of carbonyl (C=O) groups is 2. The smallest absolute Gasteiger partial charge is 0.244 e. The van der Waals surface area contributed by atoms with Gasteiger partial charge in [-0.05, 0) is 38.0 Å². The molecular formula is C25H30F3N3O4S. The fourth-order valence-electron chi connectivity index (χ4n) is 4.22. The van der Waals surface area contributed by atoms with Crippen molar-refractivity contribution in [3.63, 3.8) is 0 Å². The third-order valence-electron chi connectivity index (χ3n) is 6.29. The molecule has 3 rings (SSSR count). The van der Waals surface area contributed by atoms with E-state index in [1.165, 1.54) is 25.1 Å². The van der Waals surface area contributed by atoms with Gasteiger partial charge in [0.1, 0.15) is 18.4 Å². The first-order chi connectivity index (χ1) is 17.0. The van der Waals surface area contributed by atoms with Crippen molar-refractivity contribution in [2.75, 3.05) is 17.1 Å². The van der Waals surface area contributed by atoms with Gasteiger partial charge in [0.15, 0.2) is 11.6 Å². The largest absolute Gasteiger partial charge is 0.352 e. The summed E-state index contributed by atoms with van der Waals surface area (Å²) in [5.41, 5.74) is -0.114. The minimum atomic E-state index is -4.10. The van der Waals surface area contributed by atoms with Crippen LogP contribution in [-0.2, 0) is 26.2 Å². The van der Waals surface area contributed by atoms with Crippen molar-refractivity contribution >= 4 is 27.5 Å². The van der Waals surface area contributed by atoms with E-state index in [0.29, 0.717) is 10.4 Å². The molecule has 0 bridgehead atoms. The van der Waals surface area contributed by atoms with Crippen molar-refractivity contribution in [2.24, 2.45) is 0 Å². The molecule has 1 fully saturated rings. The normalized spacial score (nSPS) is 15.2. The summed E-state index contributed by atoms with van der Waals surface area (Å²) in [6.45, 7) is 0.402. The molecule has 36 heavy (non-hydrogen) atoms. The van der Waals surface area contributed by atoms with Gasteiger partial charge in [0.05, 0.1) is 11.9 Å². The summed E-state index contributed by atoms with van der Waals surface area (Å²) >= 11 is 0. The summed E-state index contributed by atoms with van der Waals surface area (Å²) in [5.74, 6) is -4.29. The van der Waals surface area contributed by atoms with Crippen LogP contribution in [0.2, 0.25) is 0 Å². The fourth-order valence-corrected chi connectivity index (χ4v) is 5.06. The topological polar surface area (TPSA) is 86.8 Å². The van der Waals surface area contributed by atoms with Gasteiger partial charge in [-0.15, -0.1) is 0 Å². The molecule has 0 aromatic heterocycles. The second-order valence-electron chi connectivity index (χ2n) is 9.00. The van der Waals surface area contributed by atoms with Crippen LogP contribution in [0, 0.1) is 17.5 Å². The van der Waals surface area contributed by atoms with Gasteiger partial charge in [-0.1, -0.05) is 37.5 Å². The van der Waals surface area contributed by atoms with Gasteiger partial charge in [0, 0.05) is 24.2 Å². The van der Waals surface area contributed by atoms with Crippen molar-refractivity contribution in [2.45, 2.75) is 57.7 Å². The van der Waals surface area contributed by atoms with E-state index in [2.05, 4.69) is 5.32 Å². The monoisotopic (exact) mass is 525 g/mol. The summed E-state index contributed by atoms with van der Waals surface area (Å²) in [6.07, 6.45) is 5.51. The molecule has 0 radical (unpaired) electrons. The van der Waals surface area contributed by atoms with E-state index in [-0.39, 0.29) is 23.8 Å². The quantitative estimate of drug-likeness (QED) is 0.541. The maximum atomic E-state index is 14.4. The molecule has 1 aliphatic rings. The standard InChI is InChI=1S/C25H30F3N3O4S/c1-17(25(33)29-19-9-4-3-5-10-19)30(15-18-8-6-7-11-21(18)26)24(32)16-31(36(2,34)35)20-12-13-22(27)23(28)14-20/h6-8,11-14,17,19H,3-5,9-10,15-16H2,1-2H3,(H,29,33)/t17-/m1/s1. The molecule has 11 heteroatoms. The highest BCUT2D eigenvalue weighted by Crippen LogP contribution is 2.22. The Bertz CT molecular complexity index is 1200. The van der Waals surface area contributed by atoms with E-state index in [9.17, 15) is 31.2 Å². The minimum absolute atomic E-state index is 0.0335. The lowest BCUT2D eigenvalue weighted by Gasteiger charge is -2.33. The molecule has 2 amide bonds. The zero-order valence-electron chi connectivity index (χ0n) is 20.2. The number of rotatable bonds is 9. The number of nitrogens with one attached hydrogen (secondary N) is 1. The first kappa shape index (κ1) is 27.5. The maximum Gasteiger partial charge on any atom is 0.244 e. The Morgan fingerprint density at radius 1 is 1.00 bits per heavy atom. The molecule has 0 spiro atoms. The third kappa shape index (κ3) is 6.99. The van der Waals surface area contributed by atoms with Gasteiger partial charge in [-0.25, -0.2) is 21.6 Å². The molecule has 0 saturated heterocycles. The van der Waals surface area contributed by atoms with Gasteiger partial charge in [-0.3, -0.25) is 13.9 Å². The van der Waals surface area contributed by atoms with Crippen LogP contribution in [0.4, 0.5) is 18.9 Å². The molecule has 1 atom stereocenters. The summed E-state index contributed by atoms with van der Waals surface area (Å²) in [7, 11) is -4.10. The summed E-state index contributed by atoms with van der Waals surface area (Å²) in [6, 6.07) is 7.12. The minimum Gasteiger partial charge on any atom is -0.352 e. The van der Waals surface area contributed by atoms with Crippen molar-refractivity contribution < 1.29 is 31.2 Å². The van der Waals surface area contributed by atoms with E-state index in [0.717, 1.165) is 55.4 Å². The number of hydrogen-bond donors (Lipinski definition) is 1. The number of hydrogen-bond acceptors (Lipinski definition) is 4. The molecular weight excluding hydrogens is 495 g/mol. The maximum absolute atomic E-state index is 14.4. The average Bonchev–Trinajstić information content (AvgIpc) is 2.83. The first-order valence-electron chi connectivity index (χ1n) is 11.7. The average molecular weight is 526 g/mol. The second kappa shape index (κ2) is 11.8. The number of halogens is 3. The Labute approximate surface area is 209 Å². The van der Waals surface area contributed by atoms with E-state index in [1.807, 2.05) is 0 Å². The van der Waals surface area contributed by atoms with Gasteiger partial charge < -0.3 is 10.2 Å². The SMILES string of the molecule is C[C@H](C(=O)NC1CCCCC1)N(Cc1ccccc1F)C(=O)CN(c1ccc(F)c(F)c1)S(C)(=O)=O. The summed E-state index contributed by atoms with van der Waals surface area (Å²) < 4.78 is 67.2. The summed E-state index contributed by atoms with van der Waals surface area (Å²) in [4.78, 5) is 27.6. The highest BCUT2D eigenvalue weighted by Gasteiger charge is 2.31. The predicted octanol–water partition coefficient (Wildman–Crippen LogP) is 3.74. The van der Waals surface area contributed by atoms with E-state index in [1.54, 1.807) is 6.07 Å². The van der Waals surface area contributed by atoms with Crippen molar-refractivity contribution in [1.29, 1.82) is 0 Å². The molecule has 196 valence electrons. The zero-order chi connectivity index (χ0) is 26.5. The van der Waals surface area contributed by atoms with Crippen LogP contribution >= 0.6 is 0 Å². The van der Waals surface area contributed by atoms with Crippen molar-refractivity contribution in [1.82, 2.24) is 10.2 Å². The number of nitrogens with zero attached hydrogens (tertiary/aromatic N) is 2. The van der Waals surface area contributed by atoms with E-state index in [4.69, 9.17) is 0 Å². The lowest BCUT2D eigenvalue weighted by molar-refractivity contribution is -0.139. The number of anilines is 1. The Hall–Kier alpha value is -3.08. The molecule has 0 unspecified atom stereocenters. The molecule has 0 heterocycles. The molecule has 1 N–H and O–H groups in total. The zero-order valence-corrected chi connectivity index (χ0v) is 21.0.